The lowest BCUT2D eigenvalue weighted by Crippen LogP contribution is -2.42. The van der Waals surface area contributed by atoms with E-state index in [2.05, 4.69) is 11.4 Å². The number of ether oxygens (including phenoxy) is 1. The van der Waals surface area contributed by atoms with E-state index in [1.807, 2.05) is 39.0 Å². The average molecular weight is 319 g/mol. The van der Waals surface area contributed by atoms with Gasteiger partial charge in [0.15, 0.2) is 0 Å². The molecule has 2 N–H and O–H groups in total. The lowest BCUT2D eigenvalue weighted by molar-refractivity contribution is -0.127. The fourth-order valence-electron chi connectivity index (χ4n) is 3.54. The molecule has 1 aromatic rings. The van der Waals surface area contributed by atoms with Crippen molar-refractivity contribution in [3.8, 4) is 5.75 Å². The van der Waals surface area contributed by atoms with Crippen molar-refractivity contribution in [1.29, 1.82) is 0 Å². The number of para-hydroxylation sites is 1. The topological polar surface area (TPSA) is 58.6 Å². The van der Waals surface area contributed by atoms with Gasteiger partial charge in [-0.15, -0.1) is 0 Å². The summed E-state index contributed by atoms with van der Waals surface area (Å²) in [5, 5.41) is 13.7. The molecule has 0 spiro atoms. The van der Waals surface area contributed by atoms with Crippen LogP contribution in [0.5, 0.6) is 5.75 Å². The second-order valence-corrected chi connectivity index (χ2v) is 6.71. The number of rotatable bonds is 8. The van der Waals surface area contributed by atoms with Crippen molar-refractivity contribution in [3.63, 3.8) is 0 Å². The van der Waals surface area contributed by atoms with E-state index in [9.17, 15) is 9.90 Å². The first kappa shape index (κ1) is 17.8. The Kier molecular flexibility index (Phi) is 6.05. The summed E-state index contributed by atoms with van der Waals surface area (Å²) in [4.78, 5) is 12.4. The summed E-state index contributed by atoms with van der Waals surface area (Å²) in [5.41, 5.74) is 0.273. The molecule has 2 unspecified atom stereocenters. The minimum Gasteiger partial charge on any atom is -0.493 e. The minimum absolute atomic E-state index is 0.0151. The summed E-state index contributed by atoms with van der Waals surface area (Å²) in [6.07, 6.45) is 3.26. The highest BCUT2D eigenvalue weighted by molar-refractivity contribution is 5.77. The van der Waals surface area contributed by atoms with Gasteiger partial charge in [0.05, 0.1) is 18.6 Å². The van der Waals surface area contributed by atoms with Crippen LogP contribution in [0.4, 0.5) is 0 Å². The maximum absolute atomic E-state index is 12.4. The van der Waals surface area contributed by atoms with Crippen molar-refractivity contribution < 1.29 is 14.6 Å². The molecule has 1 aromatic carbocycles. The van der Waals surface area contributed by atoms with E-state index in [1.54, 1.807) is 0 Å². The molecule has 1 aliphatic heterocycles. The molecule has 4 nitrogen and oxygen atoms in total. The molecule has 128 valence electrons. The average Bonchev–Trinajstić information content (AvgIpc) is 2.91. The summed E-state index contributed by atoms with van der Waals surface area (Å²) in [7, 11) is 0. The van der Waals surface area contributed by atoms with Gasteiger partial charge in [-0.3, -0.25) is 4.79 Å². The van der Waals surface area contributed by atoms with Gasteiger partial charge in [-0.2, -0.15) is 0 Å². The van der Waals surface area contributed by atoms with Crippen molar-refractivity contribution in [2.24, 2.45) is 0 Å². The third kappa shape index (κ3) is 4.47. The van der Waals surface area contributed by atoms with Crippen LogP contribution in [-0.4, -0.2) is 29.3 Å². The van der Waals surface area contributed by atoms with Crippen LogP contribution in [0.15, 0.2) is 24.3 Å². The molecule has 2 atom stereocenters. The van der Waals surface area contributed by atoms with Crippen molar-refractivity contribution in [3.05, 3.63) is 29.8 Å². The maximum atomic E-state index is 12.4. The Morgan fingerprint density at radius 1 is 1.35 bits per heavy atom. The third-order valence-electron chi connectivity index (χ3n) is 4.65. The van der Waals surface area contributed by atoms with Crippen LogP contribution < -0.4 is 10.1 Å². The number of aliphatic hydroxyl groups is 1. The van der Waals surface area contributed by atoms with Crippen LogP contribution in [0.1, 0.15) is 64.4 Å². The minimum atomic E-state index is -0.878. The number of benzene rings is 1. The van der Waals surface area contributed by atoms with Gasteiger partial charge in [0.1, 0.15) is 5.75 Å². The molecule has 1 amide bonds. The van der Waals surface area contributed by atoms with E-state index >= 15 is 0 Å². The molecule has 0 aromatic heterocycles. The molecule has 23 heavy (non-hydrogen) atoms. The zero-order valence-electron chi connectivity index (χ0n) is 14.5. The predicted molar refractivity (Wildman–Crippen MR) is 91.7 cm³/mol. The van der Waals surface area contributed by atoms with Crippen LogP contribution in [0.2, 0.25) is 0 Å². The van der Waals surface area contributed by atoms with E-state index in [0.29, 0.717) is 19.4 Å². The van der Waals surface area contributed by atoms with E-state index in [0.717, 1.165) is 24.2 Å². The maximum Gasteiger partial charge on any atom is 0.223 e. The van der Waals surface area contributed by atoms with Crippen LogP contribution in [0, 0.1) is 0 Å². The number of fused-ring (bicyclic) bond motifs is 1. The molecule has 0 fully saturated rings. The summed E-state index contributed by atoms with van der Waals surface area (Å²) < 4.78 is 5.69. The summed E-state index contributed by atoms with van der Waals surface area (Å²) in [5.74, 6) is 0.999. The number of hydrogen-bond acceptors (Lipinski definition) is 3. The van der Waals surface area contributed by atoms with Gasteiger partial charge < -0.3 is 15.2 Å². The third-order valence-corrected chi connectivity index (χ3v) is 4.65. The molecule has 0 saturated heterocycles. The highest BCUT2D eigenvalue weighted by atomic mass is 16.5. The molecule has 0 aliphatic carbocycles. The van der Waals surface area contributed by atoms with Gasteiger partial charge in [-0.1, -0.05) is 44.9 Å². The van der Waals surface area contributed by atoms with E-state index in [-0.39, 0.29) is 24.3 Å². The summed E-state index contributed by atoms with van der Waals surface area (Å²) in [6.45, 7) is 6.67. The number of carbonyl (C=O) groups is 1. The molecular formula is C19H29NO3. The predicted octanol–water partition coefficient (Wildman–Crippen LogP) is 3.39. The Labute approximate surface area is 139 Å². The lowest BCUT2D eigenvalue weighted by atomic mass is 9.88. The zero-order valence-corrected chi connectivity index (χ0v) is 14.5. The molecule has 2 rings (SSSR count). The van der Waals surface area contributed by atoms with Crippen molar-refractivity contribution in [2.75, 3.05) is 6.61 Å². The Bertz CT molecular complexity index is 523. The summed E-state index contributed by atoms with van der Waals surface area (Å²) in [6, 6.07) is 7.96. The normalized spacial score (nSPS) is 18.2. The van der Waals surface area contributed by atoms with Crippen LogP contribution in [0.25, 0.3) is 0 Å². The fraction of sp³-hybridized carbons (Fsp3) is 0.632. The monoisotopic (exact) mass is 319 g/mol. The Balaban J connectivity index is 1.95. The zero-order chi connectivity index (χ0) is 16.9. The number of hydrogen-bond donors (Lipinski definition) is 2. The molecule has 4 heteroatoms. The quantitative estimate of drug-likeness (QED) is 0.772. The van der Waals surface area contributed by atoms with Gasteiger partial charge in [0, 0.05) is 17.5 Å². The van der Waals surface area contributed by atoms with Crippen molar-refractivity contribution in [1.82, 2.24) is 5.32 Å². The first-order valence-corrected chi connectivity index (χ1v) is 8.72. The molecule has 1 heterocycles. The van der Waals surface area contributed by atoms with E-state index < -0.39 is 5.60 Å². The van der Waals surface area contributed by atoms with Gasteiger partial charge in [0.2, 0.25) is 5.91 Å². The first-order valence-electron chi connectivity index (χ1n) is 8.72. The Hall–Kier alpha value is -1.55. The SMILES string of the molecule is CCCC(O)(CCC)CC(=O)NC(C)C1COc2ccccc21. The molecule has 0 saturated carbocycles. The van der Waals surface area contributed by atoms with Gasteiger partial charge in [-0.05, 0) is 25.8 Å². The second kappa shape index (κ2) is 7.82. The first-order chi connectivity index (χ1) is 11.0. The van der Waals surface area contributed by atoms with E-state index in [1.165, 1.54) is 0 Å². The molecule has 0 radical (unpaired) electrons. The van der Waals surface area contributed by atoms with Gasteiger partial charge >= 0.3 is 0 Å². The smallest absolute Gasteiger partial charge is 0.223 e. The molecular weight excluding hydrogens is 290 g/mol. The highest BCUT2D eigenvalue weighted by Crippen LogP contribution is 2.35. The Morgan fingerprint density at radius 3 is 2.65 bits per heavy atom. The highest BCUT2D eigenvalue weighted by Gasteiger charge is 2.32. The van der Waals surface area contributed by atoms with Gasteiger partial charge in [-0.25, -0.2) is 0 Å². The largest absolute Gasteiger partial charge is 0.493 e. The van der Waals surface area contributed by atoms with Crippen LogP contribution in [-0.2, 0) is 4.79 Å². The molecule has 0 bridgehead atoms. The van der Waals surface area contributed by atoms with Crippen LogP contribution >= 0.6 is 0 Å². The lowest BCUT2D eigenvalue weighted by Gasteiger charge is -2.28. The fourth-order valence-corrected chi connectivity index (χ4v) is 3.54. The van der Waals surface area contributed by atoms with E-state index in [4.69, 9.17) is 4.74 Å². The van der Waals surface area contributed by atoms with Crippen molar-refractivity contribution >= 4 is 5.91 Å². The second-order valence-electron chi connectivity index (χ2n) is 6.71. The number of carbonyl (C=O) groups excluding carboxylic acids is 1. The number of nitrogens with one attached hydrogen (secondary N) is 1. The number of amides is 1. The van der Waals surface area contributed by atoms with Crippen molar-refractivity contribution in [2.45, 2.75) is 70.4 Å². The van der Waals surface area contributed by atoms with Crippen LogP contribution in [0.3, 0.4) is 0 Å². The standard InChI is InChI=1S/C19H29NO3/c1-4-10-19(22,11-5-2)12-18(21)20-14(3)16-13-23-17-9-7-6-8-15(16)17/h6-9,14,16,22H,4-5,10-13H2,1-3H3,(H,20,21). The van der Waals surface area contributed by atoms with Gasteiger partial charge in [0.25, 0.3) is 0 Å². The molecule has 1 aliphatic rings. The Morgan fingerprint density at radius 2 is 2.00 bits per heavy atom. The summed E-state index contributed by atoms with van der Waals surface area (Å²) >= 11 is 0.